The smallest absolute Gasteiger partial charge is 0.451 e. The first kappa shape index (κ1) is 18.2. The van der Waals surface area contributed by atoms with Gasteiger partial charge in [0.1, 0.15) is 0 Å². The Balaban J connectivity index is 2.55. The van der Waals surface area contributed by atoms with E-state index in [0.29, 0.717) is 12.8 Å². The molecule has 0 radical (unpaired) electrons. The van der Waals surface area contributed by atoms with E-state index in [2.05, 4.69) is 16.1 Å². The molecule has 0 bridgehead atoms. The van der Waals surface area contributed by atoms with Crippen LogP contribution < -0.4 is 0 Å². The average molecular weight is 342 g/mol. The summed E-state index contributed by atoms with van der Waals surface area (Å²) in [5.74, 6) is -4.46. The molecule has 0 aromatic rings. The highest BCUT2D eigenvalue weighted by Crippen LogP contribution is 2.23. The van der Waals surface area contributed by atoms with Gasteiger partial charge in [-0.3, -0.25) is 9.35 Å². The summed E-state index contributed by atoms with van der Waals surface area (Å²) < 4.78 is 62.7. The lowest BCUT2D eigenvalue weighted by Crippen LogP contribution is -2.40. The van der Waals surface area contributed by atoms with Crippen molar-refractivity contribution in [1.29, 1.82) is 0 Å². The van der Waals surface area contributed by atoms with E-state index in [-0.39, 0.29) is 12.0 Å². The van der Waals surface area contributed by atoms with Crippen molar-refractivity contribution in [3.63, 3.8) is 0 Å². The van der Waals surface area contributed by atoms with Gasteiger partial charge in [-0.1, -0.05) is 6.58 Å². The first-order valence-electron chi connectivity index (χ1n) is 5.90. The lowest BCUT2D eigenvalue weighted by atomic mass is 9.92. The Bertz CT molecular complexity index is 610. The van der Waals surface area contributed by atoms with Crippen molar-refractivity contribution in [2.75, 3.05) is 6.61 Å². The van der Waals surface area contributed by atoms with Gasteiger partial charge < -0.3 is 9.47 Å². The van der Waals surface area contributed by atoms with Crippen LogP contribution >= 0.6 is 0 Å². The Morgan fingerprint density at radius 3 is 2.55 bits per heavy atom. The van der Waals surface area contributed by atoms with Crippen molar-refractivity contribution in [2.24, 2.45) is 0 Å². The molecular weight excluding hydrogens is 330 g/mol. The molecule has 22 heavy (non-hydrogen) atoms. The average Bonchev–Trinajstić information content (AvgIpc) is 2.40. The summed E-state index contributed by atoms with van der Waals surface area (Å²) in [4.78, 5) is 33.7. The minimum atomic E-state index is -6.02. The maximum Gasteiger partial charge on any atom is 0.465 e. The van der Waals surface area contributed by atoms with Crippen LogP contribution in [0.25, 0.3) is 0 Å². The highest BCUT2D eigenvalue weighted by Gasteiger charge is 2.54. The van der Waals surface area contributed by atoms with Gasteiger partial charge in [0, 0.05) is 0 Å². The Hall–Kier alpha value is -1.88. The number of halogens is 2. The molecule has 0 aromatic carbocycles. The van der Waals surface area contributed by atoms with Crippen LogP contribution in [-0.4, -0.2) is 48.7 Å². The lowest BCUT2D eigenvalue weighted by molar-refractivity contribution is -0.172. The van der Waals surface area contributed by atoms with Crippen molar-refractivity contribution in [3.05, 3.63) is 12.2 Å². The van der Waals surface area contributed by atoms with Gasteiger partial charge in [-0.15, -0.1) is 0 Å². The van der Waals surface area contributed by atoms with E-state index >= 15 is 0 Å². The maximum absolute atomic E-state index is 12.8. The molecule has 8 nitrogen and oxygen atoms in total. The predicted molar refractivity (Wildman–Crippen MR) is 65.3 cm³/mol. The van der Waals surface area contributed by atoms with Crippen LogP contribution in [0.1, 0.15) is 19.3 Å². The van der Waals surface area contributed by atoms with E-state index in [1.807, 2.05) is 0 Å². The second kappa shape index (κ2) is 6.48. The predicted octanol–water partition coefficient (Wildman–Crippen LogP) is 0.231. The second-order valence-electron chi connectivity index (χ2n) is 4.41. The molecule has 0 amide bonds. The monoisotopic (exact) mass is 342 g/mol. The van der Waals surface area contributed by atoms with Crippen LogP contribution in [0.15, 0.2) is 12.2 Å². The molecule has 1 unspecified atom stereocenters. The maximum atomic E-state index is 12.8. The number of esters is 2. The van der Waals surface area contributed by atoms with Crippen molar-refractivity contribution >= 4 is 27.8 Å². The van der Waals surface area contributed by atoms with Crippen LogP contribution in [0.3, 0.4) is 0 Å². The SMILES string of the molecule is C=C1CCCC(OC(=O)COC(=O)C(F)(F)S(=O)(=O)O)C1=O. The van der Waals surface area contributed by atoms with Gasteiger partial charge in [-0.2, -0.15) is 17.2 Å². The van der Waals surface area contributed by atoms with Gasteiger partial charge in [0.25, 0.3) is 0 Å². The van der Waals surface area contributed by atoms with Crippen LogP contribution in [0.5, 0.6) is 0 Å². The van der Waals surface area contributed by atoms with Gasteiger partial charge in [-0.05, 0) is 24.8 Å². The van der Waals surface area contributed by atoms with E-state index in [0.717, 1.165) is 0 Å². The zero-order valence-corrected chi connectivity index (χ0v) is 11.9. The molecule has 0 aliphatic heterocycles. The number of rotatable bonds is 5. The summed E-state index contributed by atoms with van der Waals surface area (Å²) in [6, 6.07) is 0. The zero-order chi connectivity index (χ0) is 17.1. The van der Waals surface area contributed by atoms with Crippen molar-refractivity contribution < 1.29 is 45.6 Å². The normalized spacial score (nSPS) is 19.7. The van der Waals surface area contributed by atoms with E-state index in [9.17, 15) is 31.6 Å². The summed E-state index contributed by atoms with van der Waals surface area (Å²) in [5.41, 5.74) is 0.249. The van der Waals surface area contributed by atoms with Gasteiger partial charge in [-0.25, -0.2) is 9.59 Å². The Morgan fingerprint density at radius 1 is 1.41 bits per heavy atom. The van der Waals surface area contributed by atoms with E-state index in [1.165, 1.54) is 0 Å². The van der Waals surface area contributed by atoms with Crippen LogP contribution in [0, 0.1) is 0 Å². The van der Waals surface area contributed by atoms with Gasteiger partial charge >= 0.3 is 27.3 Å². The summed E-state index contributed by atoms with van der Waals surface area (Å²) in [7, 11) is -6.02. The molecule has 0 heterocycles. The molecule has 0 saturated heterocycles. The van der Waals surface area contributed by atoms with Gasteiger partial charge in [0.05, 0.1) is 0 Å². The molecule has 1 atom stereocenters. The fourth-order valence-corrected chi connectivity index (χ4v) is 1.87. The zero-order valence-electron chi connectivity index (χ0n) is 11.1. The minimum Gasteiger partial charge on any atom is -0.451 e. The molecule has 0 aromatic heterocycles. The molecule has 11 heteroatoms. The second-order valence-corrected chi connectivity index (χ2v) is 5.87. The number of carbonyl (C=O) groups is 3. The van der Waals surface area contributed by atoms with E-state index in [1.54, 1.807) is 0 Å². The topological polar surface area (TPSA) is 124 Å². The molecular formula is C11H12F2O8S. The first-order chi connectivity index (χ1) is 9.96. The van der Waals surface area contributed by atoms with Crippen molar-refractivity contribution in [1.82, 2.24) is 0 Å². The Labute approximate surface area is 123 Å². The molecule has 1 fully saturated rings. The number of alkyl halides is 2. The third-order valence-corrected chi connectivity index (χ3v) is 3.56. The quantitative estimate of drug-likeness (QED) is 0.428. The van der Waals surface area contributed by atoms with Crippen LogP contribution in [-0.2, 0) is 34.0 Å². The fraction of sp³-hybridized carbons (Fsp3) is 0.545. The minimum absolute atomic E-state index is 0.207. The number of carbonyl (C=O) groups excluding carboxylic acids is 3. The number of hydrogen-bond donors (Lipinski definition) is 1. The van der Waals surface area contributed by atoms with Crippen molar-refractivity contribution in [2.45, 2.75) is 30.6 Å². The summed E-state index contributed by atoms with van der Waals surface area (Å²) in [6.45, 7) is 2.13. The van der Waals surface area contributed by atoms with E-state index in [4.69, 9.17) is 4.55 Å². The summed E-state index contributed by atoms with van der Waals surface area (Å²) in [6.07, 6.45) is 0.0409. The first-order valence-corrected chi connectivity index (χ1v) is 7.34. The van der Waals surface area contributed by atoms with Gasteiger partial charge in [0.2, 0.25) is 0 Å². The molecule has 1 rings (SSSR count). The van der Waals surface area contributed by atoms with Crippen LogP contribution in [0.2, 0.25) is 0 Å². The Morgan fingerprint density at radius 2 is 2.00 bits per heavy atom. The van der Waals surface area contributed by atoms with Gasteiger partial charge in [0.15, 0.2) is 18.5 Å². The number of ketones is 1. The highest BCUT2D eigenvalue weighted by molar-refractivity contribution is 7.87. The third-order valence-electron chi connectivity index (χ3n) is 2.74. The number of hydrogen-bond acceptors (Lipinski definition) is 7. The molecule has 1 N–H and O–H groups in total. The standard InChI is InChI=1S/C11H12F2O8S/c1-6-3-2-4-7(9(6)15)21-8(14)5-20-10(16)11(12,13)22(17,18)19/h7H,1-5H2,(H,17,18,19). The lowest BCUT2D eigenvalue weighted by Gasteiger charge is -2.22. The van der Waals surface area contributed by atoms with Crippen LogP contribution in [0.4, 0.5) is 8.78 Å². The third kappa shape index (κ3) is 4.07. The molecule has 1 saturated carbocycles. The fourth-order valence-electron chi connectivity index (χ4n) is 1.60. The highest BCUT2D eigenvalue weighted by atomic mass is 32.2. The van der Waals surface area contributed by atoms with E-state index < -0.39 is 45.8 Å². The van der Waals surface area contributed by atoms with Crippen molar-refractivity contribution in [3.8, 4) is 0 Å². The molecule has 1 aliphatic carbocycles. The number of Topliss-reactive ketones (excluding diaryl/α,β-unsaturated/α-hetero) is 1. The molecule has 1 aliphatic rings. The number of ether oxygens (including phenoxy) is 2. The molecule has 124 valence electrons. The largest absolute Gasteiger partial charge is 0.465 e. The molecule has 0 spiro atoms. The summed E-state index contributed by atoms with van der Waals surface area (Å²) >= 11 is 0. The Kier molecular flexibility index (Phi) is 5.35. The summed E-state index contributed by atoms with van der Waals surface area (Å²) in [5, 5.41) is -5.21.